The van der Waals surface area contributed by atoms with Crippen LogP contribution in [0.15, 0.2) is 72.9 Å². The van der Waals surface area contributed by atoms with Crippen molar-refractivity contribution < 1.29 is 19.4 Å². The van der Waals surface area contributed by atoms with Crippen molar-refractivity contribution in [2.24, 2.45) is 0 Å². The fraction of sp³-hybridized carbons (Fsp3) is 0.192. The highest BCUT2D eigenvalue weighted by Crippen LogP contribution is 2.35. The van der Waals surface area contributed by atoms with Gasteiger partial charge in [-0.05, 0) is 23.3 Å². The van der Waals surface area contributed by atoms with Crippen molar-refractivity contribution >= 4 is 28.5 Å². The lowest BCUT2D eigenvalue weighted by atomic mass is 10.0. The van der Waals surface area contributed by atoms with E-state index in [2.05, 4.69) is 10.3 Å². The number of rotatable bonds is 10. The number of H-pyrrole nitrogens is 1. The number of aromatic amines is 1. The number of carbonyl (C=O) groups is 1. The van der Waals surface area contributed by atoms with Gasteiger partial charge >= 0.3 is 5.97 Å². The van der Waals surface area contributed by atoms with Crippen LogP contribution in [0.5, 0.6) is 11.5 Å². The number of aromatic nitrogens is 1. The second-order valence-electron chi connectivity index (χ2n) is 7.71. The number of fused-ring (bicyclic) bond motifs is 1. The second kappa shape index (κ2) is 10.4. The fourth-order valence-electron chi connectivity index (χ4n) is 3.80. The quantitative estimate of drug-likeness (QED) is 0.300. The standard InChI is InChI=1S/C26H25ClN2O4/c1-32-24-13-20(27)11-19(25(24)33-16-17-7-3-2-4-8-17)15-29-23(26(30)31)12-18-14-28-22-10-6-5-9-21(18)22/h2-11,13-14,23,28-29H,12,15-16H2,1H3,(H,30,31)/t23-/m0/s1. The number of halogens is 1. The molecular formula is C26H25ClN2O4. The summed E-state index contributed by atoms with van der Waals surface area (Å²) in [5, 5.41) is 14.5. The van der Waals surface area contributed by atoms with Crippen LogP contribution < -0.4 is 14.8 Å². The number of para-hydroxylation sites is 1. The molecule has 0 aliphatic rings. The molecule has 0 spiro atoms. The molecule has 1 heterocycles. The Balaban J connectivity index is 1.53. The molecule has 170 valence electrons. The van der Waals surface area contributed by atoms with Gasteiger partial charge in [-0.25, -0.2) is 0 Å². The Labute approximate surface area is 197 Å². The third-order valence-corrected chi connectivity index (χ3v) is 5.70. The number of methoxy groups -OCH3 is 1. The van der Waals surface area contributed by atoms with E-state index in [1.807, 2.05) is 60.8 Å². The molecule has 0 bridgehead atoms. The summed E-state index contributed by atoms with van der Waals surface area (Å²) >= 11 is 6.29. The first-order valence-corrected chi connectivity index (χ1v) is 11.0. The molecule has 0 saturated heterocycles. The molecule has 0 saturated carbocycles. The molecule has 7 heteroatoms. The Kier molecular flexibility index (Phi) is 7.17. The molecule has 0 fully saturated rings. The predicted octanol–water partition coefficient (Wildman–Crippen LogP) is 5.19. The molecule has 4 rings (SSSR count). The summed E-state index contributed by atoms with van der Waals surface area (Å²) in [4.78, 5) is 15.2. The molecule has 0 amide bonds. The van der Waals surface area contributed by atoms with Gasteiger partial charge in [-0.3, -0.25) is 10.1 Å². The van der Waals surface area contributed by atoms with E-state index in [0.717, 1.165) is 27.6 Å². The molecule has 0 aliphatic carbocycles. The average molecular weight is 465 g/mol. The van der Waals surface area contributed by atoms with Gasteiger partial charge in [-0.15, -0.1) is 0 Å². The number of carboxylic acid groups (broad SMARTS) is 1. The lowest BCUT2D eigenvalue weighted by Crippen LogP contribution is -2.38. The van der Waals surface area contributed by atoms with Crippen LogP contribution in [0.2, 0.25) is 5.02 Å². The van der Waals surface area contributed by atoms with Crippen LogP contribution in [0.25, 0.3) is 10.9 Å². The van der Waals surface area contributed by atoms with E-state index in [0.29, 0.717) is 29.5 Å². The number of hydrogen-bond donors (Lipinski definition) is 3. The highest BCUT2D eigenvalue weighted by atomic mass is 35.5. The van der Waals surface area contributed by atoms with Crippen molar-refractivity contribution in [3.8, 4) is 11.5 Å². The van der Waals surface area contributed by atoms with Gasteiger partial charge in [0, 0.05) is 46.7 Å². The van der Waals surface area contributed by atoms with Crippen molar-refractivity contribution in [1.82, 2.24) is 10.3 Å². The van der Waals surface area contributed by atoms with Gasteiger partial charge in [-0.2, -0.15) is 0 Å². The molecule has 0 radical (unpaired) electrons. The Hall–Kier alpha value is -3.48. The van der Waals surface area contributed by atoms with Gasteiger partial charge < -0.3 is 19.6 Å². The summed E-state index contributed by atoms with van der Waals surface area (Å²) in [5.41, 5.74) is 3.65. The average Bonchev–Trinajstić information content (AvgIpc) is 3.24. The lowest BCUT2D eigenvalue weighted by molar-refractivity contribution is -0.139. The van der Waals surface area contributed by atoms with E-state index in [4.69, 9.17) is 21.1 Å². The van der Waals surface area contributed by atoms with E-state index < -0.39 is 12.0 Å². The molecule has 6 nitrogen and oxygen atoms in total. The van der Waals surface area contributed by atoms with Gasteiger partial charge in [0.05, 0.1) is 7.11 Å². The Morgan fingerprint density at radius 2 is 1.85 bits per heavy atom. The van der Waals surface area contributed by atoms with Crippen LogP contribution in [-0.2, 0) is 24.4 Å². The number of ether oxygens (including phenoxy) is 2. The van der Waals surface area contributed by atoms with Crippen molar-refractivity contribution in [3.63, 3.8) is 0 Å². The molecule has 0 unspecified atom stereocenters. The Morgan fingerprint density at radius 3 is 2.61 bits per heavy atom. The van der Waals surface area contributed by atoms with E-state index in [9.17, 15) is 9.90 Å². The zero-order valence-corrected chi connectivity index (χ0v) is 18.9. The Bertz CT molecular complexity index is 1240. The van der Waals surface area contributed by atoms with Gasteiger partial charge in [0.15, 0.2) is 11.5 Å². The molecule has 33 heavy (non-hydrogen) atoms. The molecule has 3 N–H and O–H groups in total. The maximum Gasteiger partial charge on any atom is 0.321 e. The van der Waals surface area contributed by atoms with Gasteiger partial charge in [-0.1, -0.05) is 60.1 Å². The second-order valence-corrected chi connectivity index (χ2v) is 8.14. The van der Waals surface area contributed by atoms with Crippen LogP contribution in [-0.4, -0.2) is 29.2 Å². The van der Waals surface area contributed by atoms with Crippen molar-refractivity contribution in [3.05, 3.63) is 94.6 Å². The first kappa shape index (κ1) is 22.7. The SMILES string of the molecule is COc1cc(Cl)cc(CN[C@@H](Cc2c[nH]c3ccccc23)C(=O)O)c1OCc1ccccc1. The molecule has 0 aliphatic heterocycles. The summed E-state index contributed by atoms with van der Waals surface area (Å²) in [6.45, 7) is 0.601. The minimum absolute atomic E-state index is 0.250. The number of carboxylic acids is 1. The highest BCUT2D eigenvalue weighted by molar-refractivity contribution is 6.30. The van der Waals surface area contributed by atoms with Gasteiger partial charge in [0.1, 0.15) is 12.6 Å². The zero-order valence-electron chi connectivity index (χ0n) is 18.2. The lowest BCUT2D eigenvalue weighted by Gasteiger charge is -2.19. The van der Waals surface area contributed by atoms with Crippen molar-refractivity contribution in [2.75, 3.05) is 7.11 Å². The number of benzene rings is 3. The zero-order chi connectivity index (χ0) is 23.2. The predicted molar refractivity (Wildman–Crippen MR) is 129 cm³/mol. The summed E-state index contributed by atoms with van der Waals surface area (Å²) in [7, 11) is 1.55. The summed E-state index contributed by atoms with van der Waals surface area (Å²) in [6.07, 6.45) is 2.19. The monoisotopic (exact) mass is 464 g/mol. The molecule has 1 atom stereocenters. The van der Waals surface area contributed by atoms with Crippen LogP contribution in [0, 0.1) is 0 Å². The molecular weight excluding hydrogens is 440 g/mol. The molecule has 3 aromatic carbocycles. The first-order chi connectivity index (χ1) is 16.0. The Morgan fingerprint density at radius 1 is 1.09 bits per heavy atom. The van der Waals surface area contributed by atoms with Crippen molar-refractivity contribution in [2.45, 2.75) is 25.6 Å². The van der Waals surface area contributed by atoms with Crippen LogP contribution in [0.1, 0.15) is 16.7 Å². The minimum atomic E-state index is -0.930. The minimum Gasteiger partial charge on any atom is -0.493 e. The fourth-order valence-corrected chi connectivity index (χ4v) is 4.03. The normalized spacial score (nSPS) is 11.9. The number of hydrogen-bond acceptors (Lipinski definition) is 4. The number of nitrogens with one attached hydrogen (secondary N) is 2. The maximum atomic E-state index is 12.0. The largest absolute Gasteiger partial charge is 0.493 e. The van der Waals surface area contributed by atoms with Crippen LogP contribution >= 0.6 is 11.6 Å². The smallest absolute Gasteiger partial charge is 0.321 e. The van der Waals surface area contributed by atoms with E-state index in [1.54, 1.807) is 19.2 Å². The molecule has 1 aromatic heterocycles. The van der Waals surface area contributed by atoms with Crippen LogP contribution in [0.4, 0.5) is 0 Å². The highest BCUT2D eigenvalue weighted by Gasteiger charge is 2.21. The third kappa shape index (κ3) is 5.48. The van der Waals surface area contributed by atoms with E-state index in [-0.39, 0.29) is 6.54 Å². The maximum absolute atomic E-state index is 12.0. The first-order valence-electron chi connectivity index (χ1n) is 10.6. The summed E-state index contributed by atoms with van der Waals surface area (Å²) in [6, 6.07) is 20.3. The van der Waals surface area contributed by atoms with Crippen LogP contribution in [0.3, 0.4) is 0 Å². The summed E-state index contributed by atoms with van der Waals surface area (Å²) in [5.74, 6) is 0.106. The molecule has 4 aromatic rings. The van der Waals surface area contributed by atoms with E-state index in [1.165, 1.54) is 0 Å². The summed E-state index contributed by atoms with van der Waals surface area (Å²) < 4.78 is 11.6. The topological polar surface area (TPSA) is 83.6 Å². The van der Waals surface area contributed by atoms with E-state index >= 15 is 0 Å². The number of aliphatic carboxylic acids is 1. The van der Waals surface area contributed by atoms with Crippen molar-refractivity contribution in [1.29, 1.82) is 0 Å². The van der Waals surface area contributed by atoms with Gasteiger partial charge in [0.25, 0.3) is 0 Å². The third-order valence-electron chi connectivity index (χ3n) is 5.48. The van der Waals surface area contributed by atoms with Gasteiger partial charge in [0.2, 0.25) is 0 Å².